The maximum Gasteiger partial charge on any atom is 0.257 e. The quantitative estimate of drug-likeness (QED) is 0.405. The first-order valence-corrected chi connectivity index (χ1v) is 10.6. The summed E-state index contributed by atoms with van der Waals surface area (Å²) >= 11 is 5.26. The summed E-state index contributed by atoms with van der Waals surface area (Å²) in [6.45, 7) is 5.86. The van der Waals surface area contributed by atoms with Crippen molar-refractivity contribution in [2.75, 3.05) is 20.3 Å². The predicted octanol–water partition coefficient (Wildman–Crippen LogP) is 4.47. The molecule has 0 fully saturated rings. The van der Waals surface area contributed by atoms with E-state index in [-0.39, 0.29) is 11.0 Å². The summed E-state index contributed by atoms with van der Waals surface area (Å²) in [7, 11) is 1.61. The second-order valence-corrected chi connectivity index (χ2v) is 7.11. The molecule has 2 aromatic carbocycles. The van der Waals surface area contributed by atoms with Gasteiger partial charge in [-0.3, -0.25) is 10.1 Å². The van der Waals surface area contributed by atoms with Crippen molar-refractivity contribution in [1.82, 2.24) is 10.6 Å². The summed E-state index contributed by atoms with van der Waals surface area (Å²) in [5.41, 5.74) is 1.45. The number of nitrogens with one attached hydrogen (secondary N) is 2. The molecule has 30 heavy (non-hydrogen) atoms. The highest BCUT2D eigenvalue weighted by atomic mass is 32.1. The van der Waals surface area contributed by atoms with E-state index in [1.165, 1.54) is 0 Å². The molecular weight excluding hydrogens is 400 g/mol. The van der Waals surface area contributed by atoms with E-state index in [0.29, 0.717) is 36.8 Å². The molecule has 0 saturated carbocycles. The lowest BCUT2D eigenvalue weighted by atomic mass is 10.2. The fraction of sp³-hybridized carbons (Fsp3) is 0.391. The van der Waals surface area contributed by atoms with Crippen LogP contribution in [0, 0.1) is 0 Å². The summed E-state index contributed by atoms with van der Waals surface area (Å²) in [5.74, 6) is 1.77. The van der Waals surface area contributed by atoms with E-state index in [4.69, 9.17) is 26.4 Å². The summed E-state index contributed by atoms with van der Waals surface area (Å²) in [6.07, 6.45) is 2.97. The Balaban J connectivity index is 1.88. The minimum absolute atomic E-state index is 0.252. The van der Waals surface area contributed by atoms with E-state index in [0.717, 1.165) is 30.6 Å². The molecule has 1 amide bonds. The van der Waals surface area contributed by atoms with Crippen LogP contribution in [0.5, 0.6) is 17.2 Å². The highest BCUT2D eigenvalue weighted by Gasteiger charge is 2.10. The van der Waals surface area contributed by atoms with Gasteiger partial charge in [-0.05, 0) is 61.0 Å². The van der Waals surface area contributed by atoms with Crippen molar-refractivity contribution in [3.05, 3.63) is 53.6 Å². The molecule has 6 nitrogen and oxygen atoms in total. The van der Waals surface area contributed by atoms with Crippen molar-refractivity contribution in [2.45, 2.75) is 39.7 Å². The Kier molecular flexibility index (Phi) is 9.94. The average molecular weight is 431 g/mol. The largest absolute Gasteiger partial charge is 0.494 e. The summed E-state index contributed by atoms with van der Waals surface area (Å²) in [5, 5.41) is 5.99. The number of carbonyl (C=O) groups excluding carboxylic acids is 1. The van der Waals surface area contributed by atoms with Gasteiger partial charge in [0.25, 0.3) is 5.91 Å². The molecule has 0 bridgehead atoms. The Morgan fingerprint density at radius 2 is 1.83 bits per heavy atom. The van der Waals surface area contributed by atoms with Crippen molar-refractivity contribution in [3.63, 3.8) is 0 Å². The molecule has 0 aromatic heterocycles. The van der Waals surface area contributed by atoms with Crippen LogP contribution in [-0.4, -0.2) is 31.3 Å². The van der Waals surface area contributed by atoms with Crippen molar-refractivity contribution in [1.29, 1.82) is 0 Å². The van der Waals surface area contributed by atoms with Gasteiger partial charge < -0.3 is 19.5 Å². The van der Waals surface area contributed by atoms with Gasteiger partial charge in [-0.1, -0.05) is 32.4 Å². The third-order valence-corrected chi connectivity index (χ3v) is 4.48. The van der Waals surface area contributed by atoms with E-state index in [1.807, 2.05) is 31.2 Å². The molecule has 0 atom stereocenters. The van der Waals surface area contributed by atoms with Gasteiger partial charge in [-0.25, -0.2) is 0 Å². The van der Waals surface area contributed by atoms with E-state index >= 15 is 0 Å². The lowest BCUT2D eigenvalue weighted by Gasteiger charge is -2.13. The molecule has 7 heteroatoms. The molecule has 0 saturated heterocycles. The first-order chi connectivity index (χ1) is 14.6. The van der Waals surface area contributed by atoms with Crippen LogP contribution in [-0.2, 0) is 6.54 Å². The van der Waals surface area contributed by atoms with Gasteiger partial charge in [-0.2, -0.15) is 0 Å². The fourth-order valence-electron chi connectivity index (χ4n) is 2.62. The van der Waals surface area contributed by atoms with Crippen LogP contribution in [0.2, 0.25) is 0 Å². The molecule has 0 aliphatic carbocycles. The van der Waals surface area contributed by atoms with Gasteiger partial charge in [-0.15, -0.1) is 0 Å². The maximum atomic E-state index is 12.4. The van der Waals surface area contributed by atoms with Gasteiger partial charge in [0.2, 0.25) is 0 Å². The molecule has 0 aliphatic heterocycles. The SMILES string of the molecule is CCCCOc1ccc(CNC(=S)NC(=O)c2cccc(OCCC)c2)cc1OC. The minimum atomic E-state index is -0.285. The summed E-state index contributed by atoms with van der Waals surface area (Å²) in [6, 6.07) is 12.8. The number of amides is 1. The monoisotopic (exact) mass is 430 g/mol. The first-order valence-electron chi connectivity index (χ1n) is 10.2. The van der Waals surface area contributed by atoms with Crippen molar-refractivity contribution >= 4 is 23.2 Å². The van der Waals surface area contributed by atoms with Crippen LogP contribution >= 0.6 is 12.2 Å². The van der Waals surface area contributed by atoms with Crippen molar-refractivity contribution in [2.24, 2.45) is 0 Å². The third-order valence-electron chi connectivity index (χ3n) is 4.23. The van der Waals surface area contributed by atoms with Gasteiger partial charge in [0.15, 0.2) is 16.6 Å². The van der Waals surface area contributed by atoms with Crippen LogP contribution < -0.4 is 24.8 Å². The number of hydrogen-bond donors (Lipinski definition) is 2. The second-order valence-electron chi connectivity index (χ2n) is 6.70. The molecule has 2 aromatic rings. The number of unbranched alkanes of at least 4 members (excludes halogenated alkanes) is 1. The summed E-state index contributed by atoms with van der Waals surface area (Å²) < 4.78 is 16.7. The number of carbonyl (C=O) groups is 1. The Morgan fingerprint density at radius 3 is 2.57 bits per heavy atom. The average Bonchev–Trinajstić information content (AvgIpc) is 2.77. The van der Waals surface area contributed by atoms with Crippen LogP contribution in [0.1, 0.15) is 49.0 Å². The highest BCUT2D eigenvalue weighted by Crippen LogP contribution is 2.28. The Labute approximate surface area is 183 Å². The van der Waals surface area contributed by atoms with Crippen LogP contribution in [0.15, 0.2) is 42.5 Å². The first kappa shape index (κ1) is 23.5. The zero-order valence-electron chi connectivity index (χ0n) is 17.8. The van der Waals surface area contributed by atoms with E-state index in [2.05, 4.69) is 17.6 Å². The summed E-state index contributed by atoms with van der Waals surface area (Å²) in [4.78, 5) is 12.4. The number of rotatable bonds is 11. The number of ether oxygens (including phenoxy) is 3. The second kappa shape index (κ2) is 12.7. The molecule has 2 N–H and O–H groups in total. The third kappa shape index (κ3) is 7.55. The molecule has 0 aliphatic rings. The van der Waals surface area contributed by atoms with E-state index in [9.17, 15) is 4.79 Å². The van der Waals surface area contributed by atoms with Crippen LogP contribution in [0.4, 0.5) is 0 Å². The minimum Gasteiger partial charge on any atom is -0.494 e. The topological polar surface area (TPSA) is 68.8 Å². The molecule has 0 radical (unpaired) electrons. The highest BCUT2D eigenvalue weighted by molar-refractivity contribution is 7.80. The Morgan fingerprint density at radius 1 is 1.00 bits per heavy atom. The number of hydrogen-bond acceptors (Lipinski definition) is 5. The van der Waals surface area contributed by atoms with Crippen molar-refractivity contribution in [3.8, 4) is 17.2 Å². The molecule has 0 heterocycles. The smallest absolute Gasteiger partial charge is 0.257 e. The number of methoxy groups -OCH3 is 1. The molecule has 2 rings (SSSR count). The van der Waals surface area contributed by atoms with Crippen LogP contribution in [0.3, 0.4) is 0 Å². The van der Waals surface area contributed by atoms with E-state index in [1.54, 1.807) is 25.3 Å². The fourth-order valence-corrected chi connectivity index (χ4v) is 2.78. The zero-order valence-corrected chi connectivity index (χ0v) is 18.6. The van der Waals surface area contributed by atoms with E-state index < -0.39 is 0 Å². The van der Waals surface area contributed by atoms with Gasteiger partial charge in [0, 0.05) is 12.1 Å². The van der Waals surface area contributed by atoms with Crippen molar-refractivity contribution < 1.29 is 19.0 Å². The standard InChI is InChI=1S/C23H30N2O4S/c1-4-6-13-29-20-11-10-17(14-21(20)27-3)16-24-23(30)25-22(26)18-8-7-9-19(15-18)28-12-5-2/h7-11,14-15H,4-6,12-13,16H2,1-3H3,(H2,24,25,26,30). The molecular formula is C23H30N2O4S. The maximum absolute atomic E-state index is 12.4. The Bertz CT molecular complexity index is 842. The van der Waals surface area contributed by atoms with Crippen LogP contribution in [0.25, 0.3) is 0 Å². The lowest BCUT2D eigenvalue weighted by Crippen LogP contribution is -2.38. The molecule has 0 spiro atoms. The van der Waals surface area contributed by atoms with Gasteiger partial charge in [0.05, 0.1) is 20.3 Å². The number of thiocarbonyl (C=S) groups is 1. The lowest BCUT2D eigenvalue weighted by molar-refractivity contribution is 0.0976. The van der Waals surface area contributed by atoms with Gasteiger partial charge in [0.1, 0.15) is 5.75 Å². The predicted molar refractivity (Wildman–Crippen MR) is 123 cm³/mol. The number of benzene rings is 2. The normalized spacial score (nSPS) is 10.2. The van der Waals surface area contributed by atoms with Gasteiger partial charge >= 0.3 is 0 Å². The molecule has 162 valence electrons. The Hall–Kier alpha value is -2.80. The zero-order chi connectivity index (χ0) is 21.8. The molecule has 0 unspecified atom stereocenters.